The number of hydrogen-bond donors (Lipinski definition) is 1. The molecule has 4 nitrogen and oxygen atoms in total. The van der Waals surface area contributed by atoms with Gasteiger partial charge in [0.05, 0.1) is 6.61 Å². The van der Waals surface area contributed by atoms with Gasteiger partial charge in [-0.25, -0.2) is 0 Å². The molecule has 2 aromatic rings. The van der Waals surface area contributed by atoms with E-state index in [0.717, 1.165) is 49.0 Å². The van der Waals surface area contributed by atoms with Crippen LogP contribution < -0.4 is 10.1 Å². The van der Waals surface area contributed by atoms with Crippen LogP contribution >= 0.6 is 0 Å². The minimum atomic E-state index is 0.800. The molecule has 0 atom stereocenters. The van der Waals surface area contributed by atoms with Gasteiger partial charge in [0, 0.05) is 11.6 Å². The molecule has 0 radical (unpaired) electrons. The van der Waals surface area contributed by atoms with Crippen LogP contribution in [0.4, 0.5) is 0 Å². The summed E-state index contributed by atoms with van der Waals surface area (Å²) in [6, 6.07) is 9.86. The zero-order valence-corrected chi connectivity index (χ0v) is 11.5. The molecule has 4 heteroatoms. The largest absolute Gasteiger partial charge is 0.494 e. The molecule has 2 heterocycles. The van der Waals surface area contributed by atoms with Crippen LogP contribution in [0.3, 0.4) is 0 Å². The average Bonchev–Trinajstić information content (AvgIpc) is 3.03. The molecular weight excluding hydrogens is 252 g/mol. The van der Waals surface area contributed by atoms with E-state index in [4.69, 9.17) is 9.26 Å². The molecule has 1 N–H and O–H groups in total. The Morgan fingerprint density at radius 1 is 1.15 bits per heavy atom. The molecule has 1 aromatic heterocycles. The number of aromatic nitrogens is 1. The fourth-order valence-corrected chi connectivity index (χ4v) is 2.60. The summed E-state index contributed by atoms with van der Waals surface area (Å²) in [5.74, 6) is 1.73. The Morgan fingerprint density at radius 3 is 2.65 bits per heavy atom. The highest BCUT2D eigenvalue weighted by atomic mass is 16.5. The Bertz CT molecular complexity index is 502. The second-order valence-corrected chi connectivity index (χ2v) is 5.24. The SMILES string of the molecule is c1cc(-c2ccc(OCCC3CCNCC3)cc2)no1. The van der Waals surface area contributed by atoms with E-state index in [1.54, 1.807) is 6.26 Å². The lowest BCUT2D eigenvalue weighted by atomic mass is 9.95. The summed E-state index contributed by atoms with van der Waals surface area (Å²) in [6.45, 7) is 3.10. The molecule has 20 heavy (non-hydrogen) atoms. The van der Waals surface area contributed by atoms with Gasteiger partial charge in [0.1, 0.15) is 17.7 Å². The van der Waals surface area contributed by atoms with Crippen molar-refractivity contribution in [3.8, 4) is 17.0 Å². The molecule has 3 rings (SSSR count). The molecule has 1 saturated heterocycles. The van der Waals surface area contributed by atoms with Gasteiger partial charge in [-0.3, -0.25) is 0 Å². The van der Waals surface area contributed by atoms with Gasteiger partial charge in [-0.15, -0.1) is 0 Å². The van der Waals surface area contributed by atoms with Gasteiger partial charge in [0.25, 0.3) is 0 Å². The summed E-state index contributed by atoms with van der Waals surface area (Å²) in [7, 11) is 0. The number of nitrogens with one attached hydrogen (secondary N) is 1. The third-order valence-electron chi connectivity index (χ3n) is 3.84. The quantitative estimate of drug-likeness (QED) is 0.908. The molecule has 0 amide bonds. The number of rotatable bonds is 5. The maximum absolute atomic E-state index is 5.82. The normalized spacial score (nSPS) is 16.2. The first kappa shape index (κ1) is 13.2. The van der Waals surface area contributed by atoms with Crippen LogP contribution in [0.25, 0.3) is 11.3 Å². The van der Waals surface area contributed by atoms with Crippen LogP contribution in [0.15, 0.2) is 41.1 Å². The van der Waals surface area contributed by atoms with Crippen molar-refractivity contribution in [2.75, 3.05) is 19.7 Å². The number of benzene rings is 1. The molecule has 0 bridgehead atoms. The summed E-state index contributed by atoms with van der Waals surface area (Å²) in [5.41, 5.74) is 1.90. The van der Waals surface area contributed by atoms with E-state index in [0.29, 0.717) is 0 Å². The van der Waals surface area contributed by atoms with Crippen LogP contribution in [-0.4, -0.2) is 24.9 Å². The fourth-order valence-electron chi connectivity index (χ4n) is 2.60. The zero-order chi connectivity index (χ0) is 13.6. The standard InChI is InChI=1S/C16H20N2O2/c1-3-15(4-2-14(1)16-8-12-20-18-16)19-11-7-13-5-9-17-10-6-13/h1-4,8,12-13,17H,5-7,9-11H2. The molecule has 0 aliphatic carbocycles. The van der Waals surface area contributed by atoms with Crippen LogP contribution in [0.5, 0.6) is 5.75 Å². The number of hydrogen-bond acceptors (Lipinski definition) is 4. The predicted molar refractivity (Wildman–Crippen MR) is 77.6 cm³/mol. The molecule has 1 aromatic carbocycles. The Morgan fingerprint density at radius 2 is 1.95 bits per heavy atom. The Labute approximate surface area is 119 Å². The second-order valence-electron chi connectivity index (χ2n) is 5.24. The Kier molecular flexibility index (Phi) is 4.33. The lowest BCUT2D eigenvalue weighted by Gasteiger charge is -2.22. The maximum atomic E-state index is 5.82. The monoisotopic (exact) mass is 272 g/mol. The van der Waals surface area contributed by atoms with E-state index in [9.17, 15) is 0 Å². The van der Waals surface area contributed by atoms with Crippen LogP contribution in [0.1, 0.15) is 19.3 Å². The van der Waals surface area contributed by atoms with Crippen molar-refractivity contribution < 1.29 is 9.26 Å². The van der Waals surface area contributed by atoms with Crippen molar-refractivity contribution in [1.29, 1.82) is 0 Å². The van der Waals surface area contributed by atoms with E-state index in [1.807, 2.05) is 30.3 Å². The van der Waals surface area contributed by atoms with E-state index in [2.05, 4.69) is 10.5 Å². The van der Waals surface area contributed by atoms with Crippen molar-refractivity contribution in [3.63, 3.8) is 0 Å². The smallest absolute Gasteiger partial charge is 0.124 e. The number of nitrogens with zero attached hydrogens (tertiary/aromatic N) is 1. The topological polar surface area (TPSA) is 47.3 Å². The zero-order valence-electron chi connectivity index (χ0n) is 11.5. The minimum Gasteiger partial charge on any atom is -0.494 e. The van der Waals surface area contributed by atoms with Crippen molar-refractivity contribution in [1.82, 2.24) is 10.5 Å². The van der Waals surface area contributed by atoms with Gasteiger partial charge in [-0.1, -0.05) is 5.16 Å². The Balaban J connectivity index is 1.48. The van der Waals surface area contributed by atoms with Gasteiger partial charge < -0.3 is 14.6 Å². The van der Waals surface area contributed by atoms with Crippen LogP contribution in [0.2, 0.25) is 0 Å². The molecule has 1 fully saturated rings. The number of ether oxygens (including phenoxy) is 1. The highest BCUT2D eigenvalue weighted by Crippen LogP contribution is 2.22. The van der Waals surface area contributed by atoms with E-state index >= 15 is 0 Å². The molecule has 106 valence electrons. The first-order valence-electron chi connectivity index (χ1n) is 7.26. The third kappa shape index (κ3) is 3.39. The van der Waals surface area contributed by atoms with Gasteiger partial charge in [0.15, 0.2) is 0 Å². The van der Waals surface area contributed by atoms with Gasteiger partial charge in [-0.2, -0.15) is 0 Å². The summed E-state index contributed by atoms with van der Waals surface area (Å²) in [6.07, 6.45) is 5.27. The molecule has 0 saturated carbocycles. The van der Waals surface area contributed by atoms with Crippen molar-refractivity contribution in [3.05, 3.63) is 36.6 Å². The summed E-state index contributed by atoms with van der Waals surface area (Å²) >= 11 is 0. The fraction of sp³-hybridized carbons (Fsp3) is 0.438. The lowest BCUT2D eigenvalue weighted by molar-refractivity contribution is 0.252. The summed E-state index contributed by atoms with van der Waals surface area (Å²) in [4.78, 5) is 0. The van der Waals surface area contributed by atoms with Crippen molar-refractivity contribution in [2.24, 2.45) is 5.92 Å². The van der Waals surface area contributed by atoms with Crippen molar-refractivity contribution in [2.45, 2.75) is 19.3 Å². The lowest BCUT2D eigenvalue weighted by Crippen LogP contribution is -2.28. The molecule has 1 aliphatic heterocycles. The minimum absolute atomic E-state index is 0.800. The van der Waals surface area contributed by atoms with Gasteiger partial charge in [0.2, 0.25) is 0 Å². The molecule has 0 spiro atoms. The molecular formula is C16H20N2O2. The molecule has 0 unspecified atom stereocenters. The maximum Gasteiger partial charge on any atom is 0.124 e. The van der Waals surface area contributed by atoms with E-state index < -0.39 is 0 Å². The van der Waals surface area contributed by atoms with E-state index in [1.165, 1.54) is 12.8 Å². The van der Waals surface area contributed by atoms with Crippen LogP contribution in [-0.2, 0) is 0 Å². The van der Waals surface area contributed by atoms with Crippen molar-refractivity contribution >= 4 is 0 Å². The van der Waals surface area contributed by atoms with Crippen LogP contribution in [0, 0.1) is 5.92 Å². The van der Waals surface area contributed by atoms with Gasteiger partial charge in [-0.05, 0) is 62.5 Å². The molecule has 1 aliphatic rings. The second kappa shape index (κ2) is 6.57. The number of piperidine rings is 1. The Hall–Kier alpha value is -1.81. The van der Waals surface area contributed by atoms with E-state index in [-0.39, 0.29) is 0 Å². The van der Waals surface area contributed by atoms with Gasteiger partial charge >= 0.3 is 0 Å². The predicted octanol–water partition coefficient (Wildman–Crippen LogP) is 3.11. The first-order chi connectivity index (χ1) is 9.92. The summed E-state index contributed by atoms with van der Waals surface area (Å²) < 4.78 is 10.7. The highest BCUT2D eigenvalue weighted by Gasteiger charge is 2.12. The third-order valence-corrected chi connectivity index (χ3v) is 3.84. The highest BCUT2D eigenvalue weighted by molar-refractivity contribution is 5.58. The average molecular weight is 272 g/mol. The first-order valence-corrected chi connectivity index (χ1v) is 7.26. The summed E-state index contributed by atoms with van der Waals surface area (Å²) in [5, 5.41) is 7.31.